The maximum absolute atomic E-state index is 12.7. The topological polar surface area (TPSA) is 86.7 Å². The molecule has 1 saturated heterocycles. The Bertz CT molecular complexity index is 936. The van der Waals surface area contributed by atoms with E-state index in [2.05, 4.69) is 5.32 Å². The van der Waals surface area contributed by atoms with E-state index in [1.165, 1.54) is 6.07 Å². The number of nitrogens with one attached hydrogen (secondary N) is 1. The molecule has 6 nitrogen and oxygen atoms in total. The van der Waals surface area contributed by atoms with Crippen molar-refractivity contribution in [2.45, 2.75) is 30.8 Å². The molecule has 1 aliphatic heterocycles. The summed E-state index contributed by atoms with van der Waals surface area (Å²) in [6.07, 6.45) is 1.97. The van der Waals surface area contributed by atoms with Gasteiger partial charge in [0.15, 0.2) is 9.84 Å². The van der Waals surface area contributed by atoms with Crippen LogP contribution in [0.25, 0.3) is 0 Å². The third-order valence-electron chi connectivity index (χ3n) is 5.19. The highest BCUT2D eigenvalue weighted by atomic mass is 32.2. The van der Waals surface area contributed by atoms with Crippen LogP contribution < -0.4 is 5.32 Å². The molecule has 0 aliphatic carbocycles. The van der Waals surface area contributed by atoms with Gasteiger partial charge in [0.05, 0.1) is 16.7 Å². The summed E-state index contributed by atoms with van der Waals surface area (Å²) in [6.45, 7) is 2.87. The average Bonchev–Trinajstić information content (AvgIpc) is 2.67. The molecule has 2 aromatic rings. The number of piperidine rings is 1. The number of hydrogen-bond donors (Lipinski definition) is 2. The van der Waals surface area contributed by atoms with E-state index in [0.29, 0.717) is 31.6 Å². The van der Waals surface area contributed by atoms with Crippen LogP contribution >= 0.6 is 0 Å². The van der Waals surface area contributed by atoms with E-state index in [1.807, 2.05) is 37.3 Å². The predicted molar refractivity (Wildman–Crippen MR) is 109 cm³/mol. The van der Waals surface area contributed by atoms with Crippen LogP contribution in [0, 0.1) is 12.8 Å². The molecule has 1 aliphatic rings. The van der Waals surface area contributed by atoms with E-state index in [1.54, 1.807) is 17.0 Å². The molecule has 3 rings (SSSR count). The summed E-state index contributed by atoms with van der Waals surface area (Å²) in [5, 5.41) is 13.3. The molecule has 0 unspecified atom stereocenters. The van der Waals surface area contributed by atoms with Gasteiger partial charge in [0.1, 0.15) is 0 Å². The van der Waals surface area contributed by atoms with Crippen molar-refractivity contribution >= 4 is 21.6 Å². The summed E-state index contributed by atoms with van der Waals surface area (Å²) < 4.78 is 24.0. The Balaban J connectivity index is 1.64. The molecule has 0 bridgehead atoms. The number of aliphatic hydroxyl groups excluding tert-OH is 1. The first-order valence-electron chi connectivity index (χ1n) is 9.35. The van der Waals surface area contributed by atoms with Gasteiger partial charge in [-0.2, -0.15) is 0 Å². The Hall–Kier alpha value is -2.38. The highest BCUT2D eigenvalue weighted by Crippen LogP contribution is 2.31. The van der Waals surface area contributed by atoms with Gasteiger partial charge in [-0.05, 0) is 48.9 Å². The zero-order valence-electron chi connectivity index (χ0n) is 16.1. The summed E-state index contributed by atoms with van der Waals surface area (Å²) in [5.74, 6) is 0.0944. The van der Waals surface area contributed by atoms with Crippen molar-refractivity contribution in [2.24, 2.45) is 5.92 Å². The zero-order chi connectivity index (χ0) is 20.3. The molecule has 2 N–H and O–H groups in total. The number of urea groups is 1. The molecule has 7 heteroatoms. The highest BCUT2D eigenvalue weighted by Gasteiger charge is 2.28. The van der Waals surface area contributed by atoms with E-state index < -0.39 is 15.9 Å². The lowest BCUT2D eigenvalue weighted by Crippen LogP contribution is -2.42. The second-order valence-corrected chi connectivity index (χ2v) is 9.37. The Morgan fingerprint density at radius 3 is 2.39 bits per heavy atom. The van der Waals surface area contributed by atoms with Crippen LogP contribution in [0.2, 0.25) is 0 Å². The van der Waals surface area contributed by atoms with Crippen LogP contribution in [0.15, 0.2) is 53.4 Å². The van der Waals surface area contributed by atoms with Crippen LogP contribution in [0.3, 0.4) is 0 Å². The fraction of sp³-hybridized carbons (Fsp3) is 0.381. The number of benzene rings is 2. The van der Waals surface area contributed by atoms with Gasteiger partial charge in [0.2, 0.25) is 0 Å². The number of likely N-dealkylation sites (tertiary alicyclic amines) is 1. The lowest BCUT2D eigenvalue weighted by molar-refractivity contribution is 0.0683. The van der Waals surface area contributed by atoms with Crippen molar-refractivity contribution in [3.8, 4) is 0 Å². The minimum atomic E-state index is -3.44. The van der Waals surface area contributed by atoms with Gasteiger partial charge in [-0.25, -0.2) is 13.2 Å². The van der Waals surface area contributed by atoms with Gasteiger partial charge in [0, 0.05) is 19.3 Å². The van der Waals surface area contributed by atoms with E-state index in [-0.39, 0.29) is 16.8 Å². The largest absolute Gasteiger partial charge is 0.388 e. The number of aliphatic hydroxyl groups is 1. The first-order valence-corrected chi connectivity index (χ1v) is 11.2. The maximum atomic E-state index is 12.7. The first-order chi connectivity index (χ1) is 13.3. The van der Waals surface area contributed by atoms with Gasteiger partial charge < -0.3 is 15.3 Å². The second kappa shape index (κ2) is 8.32. The highest BCUT2D eigenvalue weighted by molar-refractivity contribution is 7.90. The molecular weight excluding hydrogens is 376 g/mol. The minimum absolute atomic E-state index is 0.0944. The van der Waals surface area contributed by atoms with E-state index in [4.69, 9.17) is 0 Å². The molecule has 1 fully saturated rings. The summed E-state index contributed by atoms with van der Waals surface area (Å²) in [6, 6.07) is 14.1. The third kappa shape index (κ3) is 4.72. The lowest BCUT2D eigenvalue weighted by Gasteiger charge is -2.34. The second-order valence-electron chi connectivity index (χ2n) is 7.38. The molecule has 1 heterocycles. The Morgan fingerprint density at radius 2 is 1.79 bits per heavy atom. The van der Waals surface area contributed by atoms with Gasteiger partial charge >= 0.3 is 6.03 Å². The number of sulfone groups is 1. The van der Waals surface area contributed by atoms with Gasteiger partial charge in [0.25, 0.3) is 0 Å². The SMILES string of the molecule is Cc1ccc(S(C)(=O)=O)c(NC(=O)N2CCC([C@@H](O)c3ccccc3)CC2)c1. The monoisotopic (exact) mass is 402 g/mol. The number of aryl methyl sites for hydroxylation is 1. The fourth-order valence-electron chi connectivity index (χ4n) is 3.60. The van der Waals surface area contributed by atoms with Crippen molar-refractivity contribution in [2.75, 3.05) is 24.7 Å². The molecule has 0 spiro atoms. The van der Waals surface area contributed by atoms with Crippen LogP contribution in [-0.4, -0.2) is 43.8 Å². The first kappa shape index (κ1) is 20.4. The molecule has 150 valence electrons. The number of carbonyl (C=O) groups excluding carboxylic acids is 1. The summed E-state index contributed by atoms with van der Waals surface area (Å²) in [4.78, 5) is 14.4. The number of nitrogens with zero attached hydrogens (tertiary/aromatic N) is 1. The molecule has 1 atom stereocenters. The molecule has 0 saturated carbocycles. The molecule has 0 aromatic heterocycles. The van der Waals surface area contributed by atoms with Crippen molar-refractivity contribution in [3.05, 3.63) is 59.7 Å². The normalized spacial score (nSPS) is 16.6. The number of carbonyl (C=O) groups is 1. The third-order valence-corrected chi connectivity index (χ3v) is 6.35. The summed E-state index contributed by atoms with van der Waals surface area (Å²) in [7, 11) is -3.44. The van der Waals surface area contributed by atoms with Crippen LogP contribution in [0.5, 0.6) is 0 Å². The molecule has 2 amide bonds. The summed E-state index contributed by atoms with van der Waals surface area (Å²) >= 11 is 0. The summed E-state index contributed by atoms with van der Waals surface area (Å²) in [5.41, 5.74) is 2.06. The lowest BCUT2D eigenvalue weighted by atomic mass is 9.87. The van der Waals surface area contributed by atoms with E-state index >= 15 is 0 Å². The van der Waals surface area contributed by atoms with E-state index in [9.17, 15) is 18.3 Å². The zero-order valence-corrected chi connectivity index (χ0v) is 16.9. The Kier molecular flexibility index (Phi) is 6.05. The quantitative estimate of drug-likeness (QED) is 0.821. The number of rotatable bonds is 4. The fourth-order valence-corrected chi connectivity index (χ4v) is 4.42. The predicted octanol–water partition coefficient (Wildman–Crippen LogP) is 3.38. The van der Waals surface area contributed by atoms with Crippen LogP contribution in [-0.2, 0) is 9.84 Å². The molecule has 0 radical (unpaired) electrons. The van der Waals surface area contributed by atoms with Crippen LogP contribution in [0.4, 0.5) is 10.5 Å². The van der Waals surface area contributed by atoms with Gasteiger partial charge in [-0.15, -0.1) is 0 Å². The Morgan fingerprint density at radius 1 is 1.14 bits per heavy atom. The van der Waals surface area contributed by atoms with Crippen molar-refractivity contribution in [3.63, 3.8) is 0 Å². The standard InChI is InChI=1S/C21H26N2O4S/c1-15-8-9-19(28(2,26)27)18(14-15)22-21(25)23-12-10-17(11-13-23)20(24)16-6-4-3-5-7-16/h3-9,14,17,20,24H,10-13H2,1-2H3,(H,22,25)/t20-/m0/s1. The van der Waals surface area contributed by atoms with Crippen molar-refractivity contribution < 1.29 is 18.3 Å². The molecule has 2 aromatic carbocycles. The minimum Gasteiger partial charge on any atom is -0.388 e. The van der Waals surface area contributed by atoms with Crippen LogP contribution in [0.1, 0.15) is 30.1 Å². The van der Waals surface area contributed by atoms with Gasteiger partial charge in [-0.3, -0.25) is 0 Å². The molecular formula is C21H26N2O4S. The number of hydrogen-bond acceptors (Lipinski definition) is 4. The average molecular weight is 403 g/mol. The Labute approximate surface area is 166 Å². The number of amides is 2. The van der Waals surface area contributed by atoms with Gasteiger partial charge in [-0.1, -0.05) is 36.4 Å². The molecule has 28 heavy (non-hydrogen) atoms. The van der Waals surface area contributed by atoms with Crippen molar-refractivity contribution in [1.82, 2.24) is 4.90 Å². The van der Waals surface area contributed by atoms with E-state index in [0.717, 1.165) is 17.4 Å². The smallest absolute Gasteiger partial charge is 0.321 e. The van der Waals surface area contributed by atoms with Crippen molar-refractivity contribution in [1.29, 1.82) is 0 Å². The number of anilines is 1. The maximum Gasteiger partial charge on any atom is 0.321 e.